The summed E-state index contributed by atoms with van der Waals surface area (Å²) >= 11 is 11.8. The first-order valence-electron chi connectivity index (χ1n) is 6.44. The van der Waals surface area contributed by atoms with Gasteiger partial charge >= 0.3 is 0 Å². The summed E-state index contributed by atoms with van der Waals surface area (Å²) in [6, 6.07) is 5.62. The van der Waals surface area contributed by atoms with Gasteiger partial charge in [-0.05, 0) is 19.1 Å². The van der Waals surface area contributed by atoms with Crippen molar-refractivity contribution in [2.45, 2.75) is 13.0 Å². The Morgan fingerprint density at radius 1 is 1.27 bits per heavy atom. The fraction of sp³-hybridized carbons (Fsp3) is 0.214. The standard InChI is InChI=1S/C14H14Cl2N4O2/c1-8(13(21)18-11-6-7-20(2)19-11)17-14(22)9-4-3-5-10(15)12(9)16/h3-8H,1-2H3,(H,17,22)(H,18,19,21). The van der Waals surface area contributed by atoms with E-state index in [1.807, 2.05) is 0 Å². The molecule has 8 heteroatoms. The molecule has 0 saturated carbocycles. The van der Waals surface area contributed by atoms with Gasteiger partial charge in [-0.15, -0.1) is 0 Å². The minimum absolute atomic E-state index is 0.152. The van der Waals surface area contributed by atoms with Gasteiger partial charge in [-0.3, -0.25) is 14.3 Å². The van der Waals surface area contributed by atoms with Gasteiger partial charge in [0.05, 0.1) is 15.6 Å². The molecule has 0 fully saturated rings. The maximum atomic E-state index is 12.1. The third-order valence-electron chi connectivity index (χ3n) is 2.90. The van der Waals surface area contributed by atoms with Crippen molar-refractivity contribution in [1.29, 1.82) is 0 Å². The van der Waals surface area contributed by atoms with E-state index in [1.54, 1.807) is 43.0 Å². The molecule has 2 aromatic rings. The molecule has 1 heterocycles. The van der Waals surface area contributed by atoms with Gasteiger partial charge in [0.15, 0.2) is 5.82 Å². The Balaban J connectivity index is 2.01. The molecule has 0 spiro atoms. The van der Waals surface area contributed by atoms with Crippen molar-refractivity contribution in [1.82, 2.24) is 15.1 Å². The van der Waals surface area contributed by atoms with Gasteiger partial charge in [0.1, 0.15) is 6.04 Å². The molecule has 0 bridgehead atoms. The summed E-state index contributed by atoms with van der Waals surface area (Å²) in [6.45, 7) is 1.56. The molecule has 22 heavy (non-hydrogen) atoms. The molecule has 6 nitrogen and oxygen atoms in total. The van der Waals surface area contributed by atoms with E-state index in [0.29, 0.717) is 5.82 Å². The first-order valence-corrected chi connectivity index (χ1v) is 7.19. The van der Waals surface area contributed by atoms with E-state index in [4.69, 9.17) is 23.2 Å². The number of anilines is 1. The van der Waals surface area contributed by atoms with Crippen molar-refractivity contribution in [2.75, 3.05) is 5.32 Å². The average Bonchev–Trinajstić information content (AvgIpc) is 2.86. The summed E-state index contributed by atoms with van der Waals surface area (Å²) in [5.41, 5.74) is 0.214. The number of carbonyl (C=O) groups is 2. The molecule has 0 aliphatic carbocycles. The van der Waals surface area contributed by atoms with E-state index >= 15 is 0 Å². The van der Waals surface area contributed by atoms with E-state index in [-0.39, 0.29) is 21.5 Å². The predicted octanol–water partition coefficient (Wildman–Crippen LogP) is 2.48. The van der Waals surface area contributed by atoms with Crippen LogP contribution in [0.15, 0.2) is 30.5 Å². The zero-order chi connectivity index (χ0) is 16.3. The molecule has 0 aliphatic rings. The Morgan fingerprint density at radius 3 is 2.64 bits per heavy atom. The topological polar surface area (TPSA) is 76.0 Å². The number of aromatic nitrogens is 2. The van der Waals surface area contributed by atoms with Crippen LogP contribution < -0.4 is 10.6 Å². The van der Waals surface area contributed by atoms with Crippen LogP contribution in [0.3, 0.4) is 0 Å². The summed E-state index contributed by atoms with van der Waals surface area (Å²) in [7, 11) is 1.74. The lowest BCUT2D eigenvalue weighted by molar-refractivity contribution is -0.117. The van der Waals surface area contributed by atoms with Crippen LogP contribution in [0, 0.1) is 0 Å². The third kappa shape index (κ3) is 3.78. The first-order chi connectivity index (χ1) is 10.4. The second-order valence-corrected chi connectivity index (χ2v) is 5.45. The number of nitrogens with zero attached hydrogens (tertiary/aromatic N) is 2. The monoisotopic (exact) mass is 340 g/mol. The summed E-state index contributed by atoms with van der Waals surface area (Å²) < 4.78 is 1.56. The van der Waals surface area contributed by atoms with E-state index in [1.165, 1.54) is 6.07 Å². The number of amides is 2. The van der Waals surface area contributed by atoms with Crippen LogP contribution in [0.2, 0.25) is 10.0 Å². The number of aryl methyl sites for hydroxylation is 1. The van der Waals surface area contributed by atoms with Crippen molar-refractivity contribution in [3.63, 3.8) is 0 Å². The first kappa shape index (κ1) is 16.3. The van der Waals surface area contributed by atoms with Gasteiger partial charge in [0, 0.05) is 19.3 Å². The van der Waals surface area contributed by atoms with Gasteiger partial charge in [-0.1, -0.05) is 29.3 Å². The summed E-state index contributed by atoms with van der Waals surface area (Å²) in [5, 5.41) is 9.62. The molecule has 0 saturated heterocycles. The Kier molecular flexibility index (Phi) is 5.05. The van der Waals surface area contributed by atoms with Gasteiger partial charge in [-0.2, -0.15) is 5.10 Å². The molecule has 1 unspecified atom stereocenters. The molecule has 116 valence electrons. The summed E-state index contributed by atoms with van der Waals surface area (Å²) in [6.07, 6.45) is 1.70. The van der Waals surface area contributed by atoms with Crippen LogP contribution in [-0.2, 0) is 11.8 Å². The van der Waals surface area contributed by atoms with Crippen molar-refractivity contribution in [3.05, 3.63) is 46.1 Å². The normalized spacial score (nSPS) is 11.8. The molecule has 2 N–H and O–H groups in total. The van der Waals surface area contributed by atoms with Gasteiger partial charge in [-0.25, -0.2) is 0 Å². The lowest BCUT2D eigenvalue weighted by atomic mass is 10.2. The van der Waals surface area contributed by atoms with Crippen LogP contribution in [0.1, 0.15) is 17.3 Å². The zero-order valence-corrected chi connectivity index (χ0v) is 13.4. The fourth-order valence-electron chi connectivity index (χ4n) is 1.74. The second-order valence-electron chi connectivity index (χ2n) is 4.66. The maximum absolute atomic E-state index is 12.1. The smallest absolute Gasteiger partial charge is 0.253 e. The highest BCUT2D eigenvalue weighted by Gasteiger charge is 2.19. The van der Waals surface area contributed by atoms with Crippen LogP contribution in [0.25, 0.3) is 0 Å². The molecule has 2 amide bonds. The molecule has 1 atom stereocenters. The van der Waals surface area contributed by atoms with Crippen molar-refractivity contribution in [2.24, 2.45) is 7.05 Å². The number of nitrogens with one attached hydrogen (secondary N) is 2. The highest BCUT2D eigenvalue weighted by atomic mass is 35.5. The van der Waals surface area contributed by atoms with E-state index in [0.717, 1.165) is 0 Å². The second kappa shape index (κ2) is 6.81. The number of hydrogen-bond donors (Lipinski definition) is 2. The fourth-order valence-corrected chi connectivity index (χ4v) is 2.12. The Morgan fingerprint density at radius 2 is 2.00 bits per heavy atom. The van der Waals surface area contributed by atoms with E-state index in [9.17, 15) is 9.59 Å². The quantitative estimate of drug-likeness (QED) is 0.897. The molecule has 1 aromatic carbocycles. The van der Waals surface area contributed by atoms with Crippen molar-refractivity contribution < 1.29 is 9.59 Å². The SMILES string of the molecule is CC(NC(=O)c1cccc(Cl)c1Cl)C(=O)Nc1ccn(C)n1. The van der Waals surface area contributed by atoms with Crippen molar-refractivity contribution in [3.8, 4) is 0 Å². The molecule has 1 aromatic heterocycles. The van der Waals surface area contributed by atoms with Crippen LogP contribution in [0.5, 0.6) is 0 Å². The Hall–Kier alpha value is -2.05. The number of halogens is 2. The minimum Gasteiger partial charge on any atom is -0.340 e. The van der Waals surface area contributed by atoms with Crippen LogP contribution in [0.4, 0.5) is 5.82 Å². The average molecular weight is 341 g/mol. The predicted molar refractivity (Wildman–Crippen MR) is 85.2 cm³/mol. The number of benzene rings is 1. The number of rotatable bonds is 4. The van der Waals surface area contributed by atoms with E-state index in [2.05, 4.69) is 15.7 Å². The van der Waals surface area contributed by atoms with Gasteiger partial charge in [0.25, 0.3) is 5.91 Å². The lowest BCUT2D eigenvalue weighted by Gasteiger charge is -2.14. The van der Waals surface area contributed by atoms with Crippen molar-refractivity contribution >= 4 is 40.8 Å². The van der Waals surface area contributed by atoms with Crippen LogP contribution >= 0.6 is 23.2 Å². The summed E-state index contributed by atoms with van der Waals surface area (Å²) in [5.74, 6) is -0.448. The highest BCUT2D eigenvalue weighted by Crippen LogP contribution is 2.25. The third-order valence-corrected chi connectivity index (χ3v) is 3.72. The highest BCUT2D eigenvalue weighted by molar-refractivity contribution is 6.43. The zero-order valence-electron chi connectivity index (χ0n) is 11.9. The molecular weight excluding hydrogens is 327 g/mol. The van der Waals surface area contributed by atoms with Crippen LogP contribution in [-0.4, -0.2) is 27.6 Å². The lowest BCUT2D eigenvalue weighted by Crippen LogP contribution is -2.41. The maximum Gasteiger partial charge on any atom is 0.253 e. The molecule has 2 rings (SSSR count). The largest absolute Gasteiger partial charge is 0.340 e. The number of carbonyl (C=O) groups excluding carboxylic acids is 2. The minimum atomic E-state index is -0.760. The summed E-state index contributed by atoms with van der Waals surface area (Å²) in [4.78, 5) is 24.1. The molecule has 0 radical (unpaired) electrons. The molecular formula is C14H14Cl2N4O2. The molecule has 0 aliphatic heterocycles. The van der Waals surface area contributed by atoms with E-state index < -0.39 is 11.9 Å². The van der Waals surface area contributed by atoms with Gasteiger partial charge in [0.2, 0.25) is 5.91 Å². The Labute approximate surface area is 137 Å². The number of hydrogen-bond acceptors (Lipinski definition) is 3. The Bertz CT molecular complexity index is 715. The van der Waals surface area contributed by atoms with Gasteiger partial charge < -0.3 is 10.6 Å².